The molecule has 168 valence electrons. The molecule has 0 saturated heterocycles. The molecule has 0 bridgehead atoms. The van der Waals surface area contributed by atoms with Gasteiger partial charge in [0.2, 0.25) is 0 Å². The minimum absolute atomic E-state index is 0.220. The van der Waals surface area contributed by atoms with E-state index in [1.807, 2.05) is 11.3 Å². The number of halogens is 1. The molecule has 2 aliphatic carbocycles. The topological polar surface area (TPSA) is 24.1 Å². The molecular weight excluding hydrogens is 519 g/mol. The van der Waals surface area contributed by atoms with Gasteiger partial charge in [0.15, 0.2) is 0 Å². The molecule has 0 amide bonds. The summed E-state index contributed by atoms with van der Waals surface area (Å²) in [5, 5.41) is 9.24. The zero-order valence-electron chi connectivity index (χ0n) is 18.6. The molecule has 2 aromatic rings. The Morgan fingerprint density at radius 3 is 2.47 bits per heavy atom. The van der Waals surface area contributed by atoms with Gasteiger partial charge in [-0.1, -0.05) is 0 Å². The predicted molar refractivity (Wildman–Crippen MR) is 129 cm³/mol. The minimum atomic E-state index is 0.220. The van der Waals surface area contributed by atoms with Crippen LogP contribution in [0.4, 0.5) is 0 Å². The molecule has 30 heavy (non-hydrogen) atoms. The molecule has 2 N–H and O–H groups in total. The van der Waals surface area contributed by atoms with Crippen molar-refractivity contribution in [3.05, 3.63) is 43.3 Å². The third-order valence-corrected chi connectivity index (χ3v) is 13.1. The normalized spacial score (nSPS) is 25.1. The van der Waals surface area contributed by atoms with Crippen molar-refractivity contribution in [1.82, 2.24) is 10.6 Å². The molecule has 2 heterocycles. The number of fused-ring (bicyclic) bond motifs is 2. The quantitative estimate of drug-likeness (QED) is 0.311. The molecule has 0 saturated carbocycles. The summed E-state index contributed by atoms with van der Waals surface area (Å²) in [5.74, 6) is 1.48. The summed E-state index contributed by atoms with van der Waals surface area (Å²) in [6.45, 7) is 2.29. The zero-order chi connectivity index (χ0) is 20.8. The van der Waals surface area contributed by atoms with Gasteiger partial charge in [-0.3, -0.25) is 0 Å². The second-order valence-corrected chi connectivity index (χ2v) is 14.6. The van der Waals surface area contributed by atoms with E-state index in [-0.39, 0.29) is 21.2 Å². The van der Waals surface area contributed by atoms with Crippen LogP contribution in [0.15, 0.2) is 17.5 Å². The van der Waals surface area contributed by atoms with E-state index >= 15 is 0 Å². The number of hydrogen-bond donors (Lipinski definition) is 2. The van der Waals surface area contributed by atoms with Crippen LogP contribution >= 0.6 is 22.7 Å². The SMILES string of the molecule is CNCC1CCCCc2sc(C[I-]C3CCCC[C@@H](CNC)c4ccsc4C3)cc21. The Bertz CT molecular complexity index is 784. The third kappa shape index (κ3) is 5.89. The van der Waals surface area contributed by atoms with E-state index in [2.05, 4.69) is 53.6 Å². The molecule has 3 atom stereocenters. The van der Waals surface area contributed by atoms with E-state index < -0.39 is 0 Å². The van der Waals surface area contributed by atoms with Crippen molar-refractivity contribution in [1.29, 1.82) is 0 Å². The molecule has 5 heteroatoms. The van der Waals surface area contributed by atoms with E-state index in [0.29, 0.717) is 0 Å². The van der Waals surface area contributed by atoms with Crippen molar-refractivity contribution in [2.24, 2.45) is 0 Å². The number of hydrogen-bond acceptors (Lipinski definition) is 4. The van der Waals surface area contributed by atoms with Gasteiger partial charge in [-0.2, -0.15) is 0 Å². The molecule has 0 aromatic carbocycles. The Balaban J connectivity index is 1.42. The number of aryl methyl sites for hydroxylation is 1. The Morgan fingerprint density at radius 1 is 0.933 bits per heavy atom. The summed E-state index contributed by atoms with van der Waals surface area (Å²) < 4.78 is 2.36. The first kappa shape index (κ1) is 23.2. The van der Waals surface area contributed by atoms with Crippen LogP contribution in [0.5, 0.6) is 0 Å². The first-order valence-corrected chi connectivity index (χ1v) is 16.3. The fraction of sp³-hybridized carbons (Fsp3) is 0.680. The molecule has 2 unspecified atom stereocenters. The summed E-state index contributed by atoms with van der Waals surface area (Å²) in [5.41, 5.74) is 3.37. The summed E-state index contributed by atoms with van der Waals surface area (Å²) in [6, 6.07) is 5.06. The van der Waals surface area contributed by atoms with E-state index in [1.165, 1.54) is 62.2 Å². The van der Waals surface area contributed by atoms with Crippen molar-refractivity contribution in [3.8, 4) is 0 Å². The van der Waals surface area contributed by atoms with Gasteiger partial charge in [-0.25, -0.2) is 0 Å². The molecule has 0 fully saturated rings. The Kier molecular flexibility index (Phi) is 9.12. The van der Waals surface area contributed by atoms with Gasteiger partial charge in [-0.05, 0) is 0 Å². The zero-order valence-corrected chi connectivity index (χ0v) is 22.4. The number of likely N-dealkylation sites (N-methyl/N-ethyl adjacent to an activating group) is 2. The second-order valence-electron chi connectivity index (χ2n) is 9.02. The first-order valence-electron chi connectivity index (χ1n) is 11.8. The number of rotatable bonds is 7. The molecule has 2 aromatic heterocycles. The van der Waals surface area contributed by atoms with Gasteiger partial charge < -0.3 is 0 Å². The van der Waals surface area contributed by atoms with Crippen molar-refractivity contribution in [2.45, 2.75) is 78.0 Å². The van der Waals surface area contributed by atoms with Crippen molar-refractivity contribution in [3.63, 3.8) is 0 Å². The molecule has 0 aliphatic heterocycles. The van der Waals surface area contributed by atoms with E-state index in [0.717, 1.165) is 28.8 Å². The fourth-order valence-corrected chi connectivity index (χ4v) is 11.6. The number of nitrogens with one attached hydrogen (secondary N) is 2. The van der Waals surface area contributed by atoms with Gasteiger partial charge >= 0.3 is 203 Å². The van der Waals surface area contributed by atoms with Crippen LogP contribution in [0.2, 0.25) is 0 Å². The Morgan fingerprint density at radius 2 is 1.67 bits per heavy atom. The van der Waals surface area contributed by atoms with Crippen molar-refractivity contribution < 1.29 is 21.2 Å². The van der Waals surface area contributed by atoms with E-state index in [4.69, 9.17) is 0 Å². The molecule has 2 nitrogen and oxygen atoms in total. The summed E-state index contributed by atoms with van der Waals surface area (Å²) in [4.78, 5) is 5.13. The fourth-order valence-electron chi connectivity index (χ4n) is 5.27. The number of alkyl halides is 2. The van der Waals surface area contributed by atoms with E-state index in [9.17, 15) is 0 Å². The van der Waals surface area contributed by atoms with Crippen molar-refractivity contribution in [2.75, 3.05) is 27.2 Å². The molecule has 4 rings (SSSR count). The van der Waals surface area contributed by atoms with Gasteiger partial charge in [0.1, 0.15) is 0 Å². The molecular formula is C25H38IN2S2-. The maximum atomic E-state index is 3.45. The molecule has 2 aliphatic rings. The molecule has 0 spiro atoms. The van der Waals surface area contributed by atoms with Crippen LogP contribution in [-0.2, 0) is 17.3 Å². The third-order valence-electron chi connectivity index (χ3n) is 6.81. The average molecular weight is 558 g/mol. The Hall–Kier alpha value is 0.0500. The summed E-state index contributed by atoms with van der Waals surface area (Å²) in [6.07, 6.45) is 12.5. The van der Waals surface area contributed by atoms with Crippen molar-refractivity contribution >= 4 is 22.7 Å². The first-order chi connectivity index (χ1) is 14.8. The summed E-state index contributed by atoms with van der Waals surface area (Å²) in [7, 11) is 4.22. The average Bonchev–Trinajstić information content (AvgIpc) is 3.33. The number of thiophene rings is 2. The van der Waals surface area contributed by atoms with Gasteiger partial charge in [0, 0.05) is 0 Å². The predicted octanol–water partition coefficient (Wildman–Crippen LogP) is 2.92. The standard InChI is InChI=1S/C25H38IN2S2/c1-27-16-18-7-3-5-9-20(13-25-22(18)11-12-29-25)26-15-21-14-23-19(17-28-2)8-4-6-10-24(23)30-21/h11-12,14,18-20,27-28H,3-10,13,15-17H2,1-2H3/q-1/t18-,19?,20?/m0/s1. The van der Waals surface area contributed by atoms with Crippen LogP contribution < -0.4 is 31.8 Å². The monoisotopic (exact) mass is 557 g/mol. The van der Waals surface area contributed by atoms with E-state index in [1.54, 1.807) is 25.8 Å². The van der Waals surface area contributed by atoms with Gasteiger partial charge in [-0.15, -0.1) is 0 Å². The van der Waals surface area contributed by atoms with Crippen LogP contribution in [0.1, 0.15) is 82.5 Å². The summed E-state index contributed by atoms with van der Waals surface area (Å²) >= 11 is 4.42. The van der Waals surface area contributed by atoms with Crippen LogP contribution in [-0.4, -0.2) is 31.1 Å². The van der Waals surface area contributed by atoms with Gasteiger partial charge in [0.25, 0.3) is 0 Å². The second kappa shape index (κ2) is 11.8. The van der Waals surface area contributed by atoms with Crippen LogP contribution in [0, 0.1) is 0 Å². The molecule has 0 radical (unpaired) electrons. The maximum absolute atomic E-state index is 3.45. The Labute approximate surface area is 201 Å². The van der Waals surface area contributed by atoms with Gasteiger partial charge in [0.05, 0.1) is 0 Å². The van der Waals surface area contributed by atoms with Crippen LogP contribution in [0.25, 0.3) is 0 Å². The van der Waals surface area contributed by atoms with Crippen LogP contribution in [0.3, 0.4) is 0 Å².